The van der Waals surface area contributed by atoms with Gasteiger partial charge in [0.25, 0.3) is 5.91 Å². The maximum Gasteiger partial charge on any atom is 0.335 e. The number of hydrogen-bond donors (Lipinski definition) is 2. The van der Waals surface area contributed by atoms with Crippen LogP contribution >= 0.6 is 0 Å². The lowest BCUT2D eigenvalue weighted by atomic mass is 10.0. The van der Waals surface area contributed by atoms with Crippen LogP contribution in [0.4, 0.5) is 0 Å². The minimum absolute atomic E-state index is 0.156. The molecule has 1 heterocycles. The van der Waals surface area contributed by atoms with Crippen LogP contribution in [0.25, 0.3) is 0 Å². The van der Waals surface area contributed by atoms with Gasteiger partial charge in [0.2, 0.25) is 5.88 Å². The normalized spacial score (nSPS) is 10.3. The van der Waals surface area contributed by atoms with Crippen molar-refractivity contribution in [1.29, 1.82) is 0 Å². The van der Waals surface area contributed by atoms with Crippen LogP contribution in [0.2, 0.25) is 0 Å². The van der Waals surface area contributed by atoms with E-state index in [1.807, 2.05) is 0 Å². The Labute approximate surface area is 127 Å². The first-order chi connectivity index (χ1) is 10.4. The second-order valence-corrected chi connectivity index (χ2v) is 4.85. The summed E-state index contributed by atoms with van der Waals surface area (Å²) >= 11 is 0. The fraction of sp³-hybridized carbons (Fsp3) is 0.267. The summed E-state index contributed by atoms with van der Waals surface area (Å²) in [6.45, 7) is 1.97. The van der Waals surface area contributed by atoms with Crippen molar-refractivity contribution < 1.29 is 19.4 Å². The number of aryl methyl sites for hydroxylation is 2. The highest BCUT2D eigenvalue weighted by Gasteiger charge is 2.14. The number of hydrogen-bond acceptors (Lipinski definition) is 4. The lowest BCUT2D eigenvalue weighted by Crippen LogP contribution is -2.23. The molecular weight excluding hydrogens is 286 g/mol. The molecule has 7 heteroatoms. The molecule has 2 N–H and O–H groups in total. The Morgan fingerprint density at radius 2 is 2.14 bits per heavy atom. The van der Waals surface area contributed by atoms with E-state index in [1.165, 1.54) is 25.3 Å². The first kappa shape index (κ1) is 15.6. The first-order valence-electron chi connectivity index (χ1n) is 6.61. The molecular formula is C15H17N3O4. The number of nitrogens with zero attached hydrogens (tertiary/aromatic N) is 2. The third-order valence-electron chi connectivity index (χ3n) is 3.22. The van der Waals surface area contributed by atoms with Gasteiger partial charge in [0.1, 0.15) is 0 Å². The number of nitrogens with one attached hydrogen (secondary N) is 1. The Balaban J connectivity index is 2.11. The molecule has 2 rings (SSSR count). The monoisotopic (exact) mass is 303 g/mol. The third-order valence-corrected chi connectivity index (χ3v) is 3.22. The highest BCUT2D eigenvalue weighted by molar-refractivity contribution is 5.97. The second-order valence-electron chi connectivity index (χ2n) is 4.85. The number of rotatable bonds is 5. The van der Waals surface area contributed by atoms with Crippen LogP contribution < -0.4 is 10.1 Å². The first-order valence-corrected chi connectivity index (χ1v) is 6.61. The minimum atomic E-state index is -1.02. The van der Waals surface area contributed by atoms with E-state index in [0.29, 0.717) is 17.0 Å². The minimum Gasteiger partial charge on any atom is -0.480 e. The fourth-order valence-electron chi connectivity index (χ4n) is 2.13. The van der Waals surface area contributed by atoms with E-state index in [0.717, 1.165) is 5.56 Å². The average molecular weight is 303 g/mol. The third kappa shape index (κ3) is 3.25. The number of methoxy groups -OCH3 is 1. The van der Waals surface area contributed by atoms with E-state index in [4.69, 9.17) is 9.84 Å². The maximum absolute atomic E-state index is 12.2. The molecule has 2 aromatic rings. The summed E-state index contributed by atoms with van der Waals surface area (Å²) < 4.78 is 6.73. The van der Waals surface area contributed by atoms with Crippen molar-refractivity contribution in [2.24, 2.45) is 7.05 Å². The second kappa shape index (κ2) is 6.30. The van der Waals surface area contributed by atoms with Crippen molar-refractivity contribution in [3.05, 3.63) is 46.6 Å². The summed E-state index contributed by atoms with van der Waals surface area (Å²) in [6, 6.07) is 4.39. The zero-order valence-electron chi connectivity index (χ0n) is 12.6. The highest BCUT2D eigenvalue weighted by atomic mass is 16.5. The number of carbonyl (C=O) groups is 2. The van der Waals surface area contributed by atoms with Crippen LogP contribution in [0.3, 0.4) is 0 Å². The van der Waals surface area contributed by atoms with Crippen LogP contribution in [0.5, 0.6) is 5.88 Å². The molecule has 0 aliphatic rings. The van der Waals surface area contributed by atoms with E-state index in [9.17, 15) is 9.59 Å². The Kier molecular flexibility index (Phi) is 4.45. The van der Waals surface area contributed by atoms with E-state index < -0.39 is 5.97 Å². The summed E-state index contributed by atoms with van der Waals surface area (Å²) in [7, 11) is 3.28. The fourth-order valence-corrected chi connectivity index (χ4v) is 2.13. The number of carboxylic acid groups (broad SMARTS) is 1. The van der Waals surface area contributed by atoms with Crippen LogP contribution in [0.15, 0.2) is 24.4 Å². The molecule has 1 aromatic carbocycles. The SMILES string of the molecule is COc1nn(C)cc1CNC(=O)c1ccc(C(=O)O)cc1C. The number of aromatic nitrogens is 2. The predicted molar refractivity (Wildman–Crippen MR) is 79.1 cm³/mol. The lowest BCUT2D eigenvalue weighted by molar-refractivity contribution is 0.0696. The molecule has 0 unspecified atom stereocenters. The smallest absolute Gasteiger partial charge is 0.335 e. The Morgan fingerprint density at radius 3 is 2.73 bits per heavy atom. The molecule has 0 atom stereocenters. The van der Waals surface area contributed by atoms with Gasteiger partial charge in [-0.25, -0.2) is 4.79 Å². The Bertz CT molecular complexity index is 722. The van der Waals surface area contributed by atoms with Gasteiger partial charge in [0.05, 0.1) is 24.8 Å². The molecule has 1 aromatic heterocycles. The van der Waals surface area contributed by atoms with E-state index in [2.05, 4.69) is 10.4 Å². The molecule has 0 saturated carbocycles. The highest BCUT2D eigenvalue weighted by Crippen LogP contribution is 2.15. The van der Waals surface area contributed by atoms with Crippen LogP contribution in [0, 0.1) is 6.92 Å². The van der Waals surface area contributed by atoms with Crippen LogP contribution in [0.1, 0.15) is 31.8 Å². The molecule has 1 amide bonds. The van der Waals surface area contributed by atoms with Crippen LogP contribution in [-0.2, 0) is 13.6 Å². The summed E-state index contributed by atoms with van der Waals surface area (Å²) in [5.41, 5.74) is 1.96. The van der Waals surface area contributed by atoms with Crippen molar-refractivity contribution in [3.8, 4) is 5.88 Å². The molecule has 0 aliphatic heterocycles. The molecule has 0 saturated heterocycles. The zero-order chi connectivity index (χ0) is 16.3. The molecule has 0 spiro atoms. The Morgan fingerprint density at radius 1 is 1.41 bits per heavy atom. The van der Waals surface area contributed by atoms with Gasteiger partial charge in [-0.2, -0.15) is 0 Å². The van der Waals surface area contributed by atoms with E-state index >= 15 is 0 Å². The molecule has 7 nitrogen and oxygen atoms in total. The van der Waals surface area contributed by atoms with Gasteiger partial charge in [0.15, 0.2) is 0 Å². The molecule has 116 valence electrons. The number of ether oxygens (including phenoxy) is 1. The van der Waals surface area contributed by atoms with Crippen molar-refractivity contribution in [2.45, 2.75) is 13.5 Å². The van der Waals surface area contributed by atoms with Gasteiger partial charge >= 0.3 is 5.97 Å². The van der Waals surface area contributed by atoms with Gasteiger partial charge in [-0.1, -0.05) is 0 Å². The maximum atomic E-state index is 12.2. The van der Waals surface area contributed by atoms with Gasteiger partial charge in [0, 0.05) is 18.8 Å². The quantitative estimate of drug-likeness (QED) is 0.870. The topological polar surface area (TPSA) is 93.5 Å². The summed E-state index contributed by atoms with van der Waals surface area (Å²) in [6.07, 6.45) is 1.76. The number of benzene rings is 1. The zero-order valence-corrected chi connectivity index (χ0v) is 12.6. The Hall–Kier alpha value is -2.83. The number of carbonyl (C=O) groups excluding carboxylic acids is 1. The van der Waals surface area contributed by atoms with Crippen molar-refractivity contribution >= 4 is 11.9 Å². The summed E-state index contributed by atoms with van der Waals surface area (Å²) in [5.74, 6) is -0.837. The van der Waals surface area contributed by atoms with E-state index in [-0.39, 0.29) is 18.0 Å². The number of carboxylic acids is 1. The molecule has 22 heavy (non-hydrogen) atoms. The van der Waals surface area contributed by atoms with Crippen molar-refractivity contribution in [3.63, 3.8) is 0 Å². The van der Waals surface area contributed by atoms with Crippen molar-refractivity contribution in [1.82, 2.24) is 15.1 Å². The average Bonchev–Trinajstić information content (AvgIpc) is 2.84. The largest absolute Gasteiger partial charge is 0.480 e. The van der Waals surface area contributed by atoms with Crippen molar-refractivity contribution in [2.75, 3.05) is 7.11 Å². The van der Waals surface area contributed by atoms with Crippen LogP contribution in [-0.4, -0.2) is 33.9 Å². The number of aromatic carboxylic acids is 1. The van der Waals surface area contributed by atoms with Gasteiger partial charge in [-0.3, -0.25) is 9.48 Å². The molecule has 0 radical (unpaired) electrons. The molecule has 0 fully saturated rings. The summed E-state index contributed by atoms with van der Waals surface area (Å²) in [5, 5.41) is 15.8. The molecule has 0 bridgehead atoms. The standard InChI is InChI=1S/C15H17N3O4/c1-9-6-10(15(20)21)4-5-12(9)13(19)16-7-11-8-18(2)17-14(11)22-3/h4-6,8H,7H2,1-3H3,(H,16,19)(H,20,21). The summed E-state index contributed by atoms with van der Waals surface area (Å²) in [4.78, 5) is 23.1. The van der Waals surface area contributed by atoms with E-state index in [1.54, 1.807) is 24.9 Å². The lowest BCUT2D eigenvalue weighted by Gasteiger charge is -2.08. The van der Waals surface area contributed by atoms with Gasteiger partial charge in [-0.05, 0) is 30.7 Å². The predicted octanol–water partition coefficient (Wildman–Crippen LogP) is 1.37. The molecule has 0 aliphatic carbocycles. The number of amides is 1. The van der Waals surface area contributed by atoms with Gasteiger partial charge in [-0.15, -0.1) is 5.10 Å². The van der Waals surface area contributed by atoms with Gasteiger partial charge < -0.3 is 15.2 Å².